The van der Waals surface area contributed by atoms with E-state index in [2.05, 4.69) is 5.10 Å². The van der Waals surface area contributed by atoms with Gasteiger partial charge in [-0.15, -0.1) is 0 Å². The Kier molecular flexibility index (Phi) is 3.55. The summed E-state index contributed by atoms with van der Waals surface area (Å²) < 4.78 is 1.54. The molecule has 0 unspecified atom stereocenters. The van der Waals surface area contributed by atoms with Gasteiger partial charge in [-0.25, -0.2) is 14.3 Å². The lowest BCUT2D eigenvalue weighted by Crippen LogP contribution is -2.21. The summed E-state index contributed by atoms with van der Waals surface area (Å²) in [6.45, 7) is 5.70. The smallest absolute Gasteiger partial charge is 0.339 e. The molecule has 6 nitrogen and oxygen atoms in total. The molecule has 0 atom stereocenters. The Balaban J connectivity index is 2.59. The van der Waals surface area contributed by atoms with E-state index in [-0.39, 0.29) is 11.1 Å². The number of aromatic carboxylic acids is 2. The highest BCUT2D eigenvalue weighted by atomic mass is 16.4. The molecule has 6 heteroatoms. The average Bonchev–Trinajstić information content (AvgIpc) is 2.83. The van der Waals surface area contributed by atoms with Crippen molar-refractivity contribution in [2.24, 2.45) is 0 Å². The summed E-state index contributed by atoms with van der Waals surface area (Å²) in [5.41, 5.74) is 1.08. The molecule has 0 radical (unpaired) electrons. The van der Waals surface area contributed by atoms with Crippen LogP contribution in [0.15, 0.2) is 30.5 Å². The fourth-order valence-corrected chi connectivity index (χ4v) is 2.17. The normalized spacial score (nSPS) is 11.4. The topological polar surface area (TPSA) is 92.4 Å². The van der Waals surface area contributed by atoms with Crippen molar-refractivity contribution < 1.29 is 19.8 Å². The molecule has 1 aromatic carbocycles. The number of benzene rings is 1. The van der Waals surface area contributed by atoms with E-state index >= 15 is 0 Å². The van der Waals surface area contributed by atoms with Crippen LogP contribution in [-0.4, -0.2) is 31.9 Å². The minimum atomic E-state index is -1.03. The van der Waals surface area contributed by atoms with Crippen molar-refractivity contribution in [3.05, 3.63) is 47.3 Å². The number of carboxylic acids is 2. The molecule has 0 amide bonds. The third-order valence-corrected chi connectivity index (χ3v) is 3.07. The van der Waals surface area contributed by atoms with E-state index in [1.807, 2.05) is 20.8 Å². The molecule has 0 aliphatic heterocycles. The van der Waals surface area contributed by atoms with E-state index in [9.17, 15) is 14.7 Å². The second-order valence-electron chi connectivity index (χ2n) is 5.73. The molecule has 0 bridgehead atoms. The minimum Gasteiger partial charge on any atom is -0.478 e. The summed E-state index contributed by atoms with van der Waals surface area (Å²) in [4.78, 5) is 22.2. The molecule has 1 heterocycles. The van der Waals surface area contributed by atoms with E-state index in [0.717, 1.165) is 0 Å². The number of rotatable bonds is 3. The predicted octanol–water partition coefficient (Wildman–Crippen LogP) is 2.57. The summed E-state index contributed by atoms with van der Waals surface area (Å²) in [5.74, 6) is -2.04. The zero-order valence-corrected chi connectivity index (χ0v) is 12.0. The van der Waals surface area contributed by atoms with Crippen molar-refractivity contribution >= 4 is 11.9 Å². The third-order valence-electron chi connectivity index (χ3n) is 3.07. The summed E-state index contributed by atoms with van der Waals surface area (Å²) >= 11 is 0. The molecule has 1 aromatic heterocycles. The molecule has 0 aliphatic rings. The fraction of sp³-hybridized carbons (Fsp3) is 0.267. The second-order valence-corrected chi connectivity index (χ2v) is 5.73. The summed E-state index contributed by atoms with van der Waals surface area (Å²) in [6, 6.07) is 6.15. The first-order valence-corrected chi connectivity index (χ1v) is 6.37. The summed E-state index contributed by atoms with van der Waals surface area (Å²) in [7, 11) is 0. The zero-order valence-electron chi connectivity index (χ0n) is 12.0. The van der Waals surface area contributed by atoms with Crippen molar-refractivity contribution in [3.8, 4) is 5.69 Å². The van der Waals surface area contributed by atoms with Gasteiger partial charge in [-0.2, -0.15) is 5.10 Å². The Morgan fingerprint density at radius 2 is 1.62 bits per heavy atom. The van der Waals surface area contributed by atoms with Crippen LogP contribution in [0.3, 0.4) is 0 Å². The van der Waals surface area contributed by atoms with Crippen LogP contribution >= 0.6 is 0 Å². The van der Waals surface area contributed by atoms with Gasteiger partial charge in [0.15, 0.2) is 0 Å². The maximum atomic E-state index is 11.3. The Hall–Kier alpha value is -2.63. The summed E-state index contributed by atoms with van der Waals surface area (Å²) in [6.07, 6.45) is 1.31. The number of hydrogen-bond donors (Lipinski definition) is 2. The van der Waals surface area contributed by atoms with Crippen LogP contribution in [-0.2, 0) is 5.41 Å². The van der Waals surface area contributed by atoms with Crippen molar-refractivity contribution in [2.75, 3.05) is 0 Å². The highest BCUT2D eigenvalue weighted by Crippen LogP contribution is 2.28. The van der Waals surface area contributed by atoms with Gasteiger partial charge in [0.25, 0.3) is 0 Å². The fourth-order valence-electron chi connectivity index (χ4n) is 2.17. The Morgan fingerprint density at radius 3 is 2.05 bits per heavy atom. The molecule has 21 heavy (non-hydrogen) atoms. The zero-order chi connectivity index (χ0) is 15.8. The van der Waals surface area contributed by atoms with Gasteiger partial charge in [0.1, 0.15) is 5.56 Å². The van der Waals surface area contributed by atoms with E-state index in [1.54, 1.807) is 12.1 Å². The molecule has 0 saturated heterocycles. The SMILES string of the molecule is CC(C)(C)c1c(C(=O)O)cnn1-c1ccc(C(=O)O)cc1. The molecule has 2 aromatic rings. The average molecular weight is 288 g/mol. The molecule has 0 saturated carbocycles. The maximum Gasteiger partial charge on any atom is 0.339 e. The van der Waals surface area contributed by atoms with Gasteiger partial charge < -0.3 is 10.2 Å². The Bertz CT molecular complexity index is 693. The summed E-state index contributed by atoms with van der Waals surface area (Å²) in [5, 5.41) is 22.3. The standard InChI is InChI=1S/C15H16N2O4/c1-15(2,3)12-11(14(20)21)8-16-17(12)10-6-4-9(5-7-10)13(18)19/h4-8H,1-3H3,(H,18,19)(H,20,21). The number of carboxylic acid groups (broad SMARTS) is 2. The second kappa shape index (κ2) is 5.05. The largest absolute Gasteiger partial charge is 0.478 e. The molecule has 110 valence electrons. The third kappa shape index (κ3) is 2.79. The lowest BCUT2D eigenvalue weighted by molar-refractivity contribution is 0.0685. The van der Waals surface area contributed by atoms with Crippen LogP contribution in [0.2, 0.25) is 0 Å². The van der Waals surface area contributed by atoms with Gasteiger partial charge in [-0.3, -0.25) is 0 Å². The van der Waals surface area contributed by atoms with Crippen LogP contribution in [0.25, 0.3) is 5.69 Å². The van der Waals surface area contributed by atoms with Gasteiger partial charge >= 0.3 is 11.9 Å². The van der Waals surface area contributed by atoms with Gasteiger partial charge in [0, 0.05) is 5.41 Å². The van der Waals surface area contributed by atoms with Crippen LogP contribution < -0.4 is 0 Å². The van der Waals surface area contributed by atoms with E-state index in [0.29, 0.717) is 11.4 Å². The van der Waals surface area contributed by atoms with Gasteiger partial charge in [-0.1, -0.05) is 20.8 Å². The number of aromatic nitrogens is 2. The van der Waals surface area contributed by atoms with Crippen molar-refractivity contribution in [1.29, 1.82) is 0 Å². The lowest BCUT2D eigenvalue weighted by atomic mass is 9.89. The molecule has 0 fully saturated rings. The minimum absolute atomic E-state index is 0.143. The molecule has 2 rings (SSSR count). The molecular weight excluding hydrogens is 272 g/mol. The number of carbonyl (C=O) groups is 2. The van der Waals surface area contributed by atoms with Crippen LogP contribution in [0, 0.1) is 0 Å². The van der Waals surface area contributed by atoms with Gasteiger partial charge in [0.05, 0.1) is 23.1 Å². The highest BCUT2D eigenvalue weighted by Gasteiger charge is 2.27. The number of nitrogens with zero attached hydrogens (tertiary/aromatic N) is 2. The van der Waals surface area contributed by atoms with Gasteiger partial charge in [-0.05, 0) is 24.3 Å². The van der Waals surface area contributed by atoms with Crippen molar-refractivity contribution in [2.45, 2.75) is 26.2 Å². The first-order chi connectivity index (χ1) is 9.71. The molecular formula is C15H16N2O4. The van der Waals surface area contributed by atoms with Crippen LogP contribution in [0.5, 0.6) is 0 Å². The quantitative estimate of drug-likeness (QED) is 0.905. The number of hydrogen-bond acceptors (Lipinski definition) is 3. The highest BCUT2D eigenvalue weighted by molar-refractivity contribution is 5.89. The first kappa shape index (κ1) is 14.8. The predicted molar refractivity (Wildman–Crippen MR) is 76.2 cm³/mol. The van der Waals surface area contributed by atoms with Crippen LogP contribution in [0.1, 0.15) is 47.2 Å². The van der Waals surface area contributed by atoms with Crippen LogP contribution in [0.4, 0.5) is 0 Å². The molecule has 0 spiro atoms. The molecule has 2 N–H and O–H groups in total. The monoisotopic (exact) mass is 288 g/mol. The van der Waals surface area contributed by atoms with E-state index < -0.39 is 17.4 Å². The van der Waals surface area contributed by atoms with E-state index in [4.69, 9.17) is 5.11 Å². The van der Waals surface area contributed by atoms with Gasteiger partial charge in [0.2, 0.25) is 0 Å². The van der Waals surface area contributed by atoms with Crippen molar-refractivity contribution in [3.63, 3.8) is 0 Å². The van der Waals surface area contributed by atoms with Crippen molar-refractivity contribution in [1.82, 2.24) is 9.78 Å². The maximum absolute atomic E-state index is 11.3. The Morgan fingerprint density at radius 1 is 1.05 bits per heavy atom. The molecule has 0 aliphatic carbocycles. The van der Waals surface area contributed by atoms with E-state index in [1.165, 1.54) is 23.0 Å². The Labute approximate surface area is 121 Å². The lowest BCUT2D eigenvalue weighted by Gasteiger charge is -2.21. The first-order valence-electron chi connectivity index (χ1n) is 6.37.